The van der Waals surface area contributed by atoms with Gasteiger partial charge in [0.2, 0.25) is 11.7 Å². The number of phenols is 1. The molecule has 13 heteroatoms. The van der Waals surface area contributed by atoms with Crippen LogP contribution in [0.15, 0.2) is 23.0 Å². The third kappa shape index (κ3) is 4.56. The quantitative estimate of drug-likeness (QED) is 0.189. The zero-order valence-electron chi connectivity index (χ0n) is 25.7. The van der Waals surface area contributed by atoms with Gasteiger partial charge in [0.05, 0.1) is 23.3 Å². The second-order valence-corrected chi connectivity index (χ2v) is 12.7. The van der Waals surface area contributed by atoms with Crippen molar-refractivity contribution < 1.29 is 39.6 Å². The molecule has 13 nitrogen and oxygen atoms in total. The number of carbonyl (C=O) groups excluding carboxylic acids is 4. The second kappa shape index (κ2) is 11.2. The Bertz CT molecular complexity index is 1510. The number of benzene rings is 1. The lowest BCUT2D eigenvalue weighted by Gasteiger charge is -2.50. The Morgan fingerprint density at radius 1 is 1.16 bits per heavy atom. The maximum absolute atomic E-state index is 14.1. The first-order valence-corrected chi connectivity index (χ1v) is 14.9. The molecule has 1 aromatic carbocycles. The predicted molar refractivity (Wildman–Crippen MR) is 162 cm³/mol. The molecule has 1 unspecified atom stereocenters. The maximum atomic E-state index is 14.1. The maximum Gasteiger partial charge on any atom is 0.255 e. The second-order valence-electron chi connectivity index (χ2n) is 12.7. The van der Waals surface area contributed by atoms with Crippen LogP contribution < -0.4 is 16.0 Å². The van der Waals surface area contributed by atoms with Crippen LogP contribution in [0.3, 0.4) is 0 Å². The Morgan fingerprint density at radius 2 is 1.84 bits per heavy atom. The van der Waals surface area contributed by atoms with Gasteiger partial charge in [-0.1, -0.05) is 6.92 Å². The van der Waals surface area contributed by atoms with Gasteiger partial charge in [-0.3, -0.25) is 29.0 Å². The number of ketones is 2. The highest BCUT2D eigenvalue weighted by molar-refractivity contribution is 6.24. The highest BCUT2D eigenvalue weighted by atomic mass is 16.3. The molecule has 0 radical (unpaired) electrons. The fourth-order valence-corrected chi connectivity index (χ4v) is 7.68. The molecule has 0 bridgehead atoms. The van der Waals surface area contributed by atoms with Gasteiger partial charge in [0.15, 0.2) is 11.4 Å². The number of carbonyl (C=O) groups is 4. The minimum Gasteiger partial charge on any atom is -0.508 e. The molecule has 1 saturated carbocycles. The van der Waals surface area contributed by atoms with E-state index in [1.807, 2.05) is 6.92 Å². The molecule has 5 rings (SSSR count). The summed E-state index contributed by atoms with van der Waals surface area (Å²) in [5.74, 6) is -7.51. The van der Waals surface area contributed by atoms with E-state index in [-0.39, 0.29) is 41.6 Å². The third-order valence-corrected chi connectivity index (χ3v) is 9.61. The number of rotatable bonds is 7. The number of nitrogens with zero attached hydrogens (tertiary/aromatic N) is 3. The lowest BCUT2D eigenvalue weighted by Crippen LogP contribution is -2.65. The van der Waals surface area contributed by atoms with Crippen LogP contribution in [0.2, 0.25) is 0 Å². The Balaban J connectivity index is 1.64. The molecule has 2 amide bonds. The Morgan fingerprint density at radius 3 is 2.43 bits per heavy atom. The summed E-state index contributed by atoms with van der Waals surface area (Å²) in [5.41, 5.74) is 2.66. The summed E-state index contributed by atoms with van der Waals surface area (Å²) >= 11 is 0. The lowest BCUT2D eigenvalue weighted by atomic mass is 9.57. The van der Waals surface area contributed by atoms with Gasteiger partial charge in [-0.2, -0.15) is 0 Å². The highest BCUT2D eigenvalue weighted by Crippen LogP contribution is 2.54. The van der Waals surface area contributed by atoms with E-state index in [1.165, 1.54) is 4.90 Å². The van der Waals surface area contributed by atoms with Crippen molar-refractivity contribution in [1.29, 1.82) is 0 Å². The van der Waals surface area contributed by atoms with Crippen LogP contribution in [0, 0.1) is 11.8 Å². The smallest absolute Gasteiger partial charge is 0.255 e. The van der Waals surface area contributed by atoms with Crippen LogP contribution >= 0.6 is 0 Å². The number of hydrogen-bond donors (Lipinski definition) is 6. The molecule has 4 aliphatic rings. The number of anilines is 2. The molecule has 7 N–H and O–H groups in total. The summed E-state index contributed by atoms with van der Waals surface area (Å²) in [6, 6.07) is 0.100. The summed E-state index contributed by atoms with van der Waals surface area (Å²) in [4.78, 5) is 58.3. The van der Waals surface area contributed by atoms with Crippen LogP contribution in [0.1, 0.15) is 43.7 Å². The van der Waals surface area contributed by atoms with Crippen LogP contribution in [-0.4, -0.2) is 113 Å². The van der Waals surface area contributed by atoms with Gasteiger partial charge in [-0.05, 0) is 76.8 Å². The van der Waals surface area contributed by atoms with Crippen molar-refractivity contribution in [2.45, 2.75) is 56.7 Å². The van der Waals surface area contributed by atoms with Gasteiger partial charge in [0, 0.05) is 31.3 Å². The molecule has 1 saturated heterocycles. The number of aliphatic hydroxyl groups is 3. The van der Waals surface area contributed by atoms with E-state index in [9.17, 15) is 39.6 Å². The number of nitrogens with one attached hydrogen (secondary N) is 1. The Kier molecular flexibility index (Phi) is 8.02. The SMILES string of the molecule is CCCN1CCCC1C(=O)Nc1cc(N(C)C)c2c(c1O)C(O)=C1C(=O)[C@]3(O)C(O)=C(C(N)=O)C(=O)[C@@H](N(C)C)[C@@H]3C[C@@H]1C2. The molecule has 1 heterocycles. The number of aliphatic hydroxyl groups excluding tert-OH is 2. The van der Waals surface area contributed by atoms with Crippen molar-refractivity contribution in [2.24, 2.45) is 17.6 Å². The summed E-state index contributed by atoms with van der Waals surface area (Å²) in [6.45, 7) is 3.59. The minimum absolute atomic E-state index is 0.00712. The van der Waals surface area contributed by atoms with Gasteiger partial charge in [0.25, 0.3) is 5.91 Å². The van der Waals surface area contributed by atoms with Gasteiger partial charge in [-0.15, -0.1) is 0 Å². The molecule has 0 aromatic heterocycles. The number of likely N-dealkylation sites (tertiary alicyclic amines) is 1. The normalized spacial score (nSPS) is 28.6. The fourth-order valence-electron chi connectivity index (χ4n) is 7.68. The van der Waals surface area contributed by atoms with Crippen LogP contribution in [-0.2, 0) is 25.6 Å². The first kappa shape index (κ1) is 31.5. The number of hydrogen-bond acceptors (Lipinski definition) is 11. The summed E-state index contributed by atoms with van der Waals surface area (Å²) < 4.78 is 0. The number of Topliss-reactive ketones (excluding diaryl/α,β-unsaturated/α-hetero) is 2. The van der Waals surface area contributed by atoms with E-state index < -0.39 is 63.8 Å². The van der Waals surface area contributed by atoms with Crippen LogP contribution in [0.25, 0.3) is 5.76 Å². The highest BCUT2D eigenvalue weighted by Gasteiger charge is 2.64. The first-order valence-electron chi connectivity index (χ1n) is 14.9. The Hall–Kier alpha value is -3.94. The molecule has 0 spiro atoms. The molecule has 238 valence electrons. The van der Waals surface area contributed by atoms with E-state index in [0.717, 1.165) is 25.9 Å². The standard InChI is InChI=1S/C31H41N5O8/c1-6-9-36-10-7-8-18(36)30(43)33-17-13-19(34(2)3)15-11-14-12-16-23(35(4)5)26(39)22(29(32)42)28(41)31(16,44)27(40)20(14)25(38)21(15)24(17)37/h13-14,16,18,23,37-38,41,44H,6-12H2,1-5H3,(H2,32,42)(H,33,43)/t14-,16-,18?,23-,31-/m0/s1. The van der Waals surface area contributed by atoms with Crippen LogP contribution in [0.5, 0.6) is 5.75 Å². The Labute approximate surface area is 255 Å². The number of phenolic OH excluding ortho intramolecular Hbond substituents is 1. The van der Waals surface area contributed by atoms with Crippen molar-refractivity contribution in [1.82, 2.24) is 9.80 Å². The molecule has 5 atom stereocenters. The number of likely N-dealkylation sites (N-methyl/N-ethyl adjacent to an activating group) is 1. The van der Waals surface area contributed by atoms with Gasteiger partial charge in [-0.25, -0.2) is 0 Å². The van der Waals surface area contributed by atoms with Crippen molar-refractivity contribution in [3.8, 4) is 5.75 Å². The summed E-state index contributed by atoms with van der Waals surface area (Å²) in [5, 5.41) is 48.9. The number of amides is 2. The zero-order valence-corrected chi connectivity index (χ0v) is 25.7. The predicted octanol–water partition coefficient (Wildman–Crippen LogP) is 0.843. The van der Waals surface area contributed by atoms with Crippen molar-refractivity contribution in [3.05, 3.63) is 34.1 Å². The fraction of sp³-hybridized carbons (Fsp3) is 0.548. The lowest BCUT2D eigenvalue weighted by molar-refractivity contribution is -0.153. The number of aromatic hydroxyl groups is 1. The third-order valence-electron chi connectivity index (χ3n) is 9.61. The average molecular weight is 612 g/mol. The summed E-state index contributed by atoms with van der Waals surface area (Å²) in [7, 11) is 6.65. The van der Waals surface area contributed by atoms with Crippen LogP contribution in [0.4, 0.5) is 11.4 Å². The van der Waals surface area contributed by atoms with Crippen molar-refractivity contribution in [3.63, 3.8) is 0 Å². The van der Waals surface area contributed by atoms with Gasteiger partial charge >= 0.3 is 0 Å². The van der Waals surface area contributed by atoms with Gasteiger partial charge in [0.1, 0.15) is 22.8 Å². The molecule has 1 aromatic rings. The van der Waals surface area contributed by atoms with E-state index >= 15 is 0 Å². The average Bonchev–Trinajstić information content (AvgIpc) is 3.40. The first-order chi connectivity index (χ1) is 20.7. The number of primary amides is 1. The van der Waals surface area contributed by atoms with E-state index in [4.69, 9.17) is 5.73 Å². The van der Waals surface area contributed by atoms with E-state index in [2.05, 4.69) is 10.2 Å². The monoisotopic (exact) mass is 611 g/mol. The van der Waals surface area contributed by atoms with Gasteiger partial charge < -0.3 is 36.4 Å². The van der Waals surface area contributed by atoms with E-state index in [0.29, 0.717) is 17.7 Å². The topological polar surface area (TPSA) is 197 Å². The summed E-state index contributed by atoms with van der Waals surface area (Å²) in [6.07, 6.45) is 2.57. The number of nitrogens with two attached hydrogens (primary N) is 1. The molecule has 1 aliphatic heterocycles. The molecule has 3 aliphatic carbocycles. The largest absolute Gasteiger partial charge is 0.508 e. The molecular weight excluding hydrogens is 570 g/mol. The van der Waals surface area contributed by atoms with E-state index in [1.54, 1.807) is 39.2 Å². The zero-order chi connectivity index (χ0) is 32.4. The minimum atomic E-state index is -2.72. The molecule has 44 heavy (non-hydrogen) atoms. The van der Waals surface area contributed by atoms with Crippen molar-refractivity contribution >= 4 is 40.5 Å². The molecule has 2 fully saturated rings. The molecular formula is C31H41N5O8. The van der Waals surface area contributed by atoms with Crippen molar-refractivity contribution in [2.75, 3.05) is 51.5 Å². The number of fused-ring (bicyclic) bond motifs is 3.